The maximum Gasteiger partial charge on any atom is 0.309 e. The van der Waals surface area contributed by atoms with E-state index in [1.54, 1.807) is 0 Å². The van der Waals surface area contributed by atoms with E-state index in [1.165, 1.54) is 7.11 Å². The molecule has 5 heteroatoms. The molecule has 1 unspecified atom stereocenters. The van der Waals surface area contributed by atoms with Crippen LogP contribution in [0.5, 0.6) is 0 Å². The SMILES string of the molecule is COC(=O)Cc1ccc(NC(=O)CCC2CCNC2)cc1. The highest BCUT2D eigenvalue weighted by atomic mass is 16.5. The first-order valence-electron chi connectivity index (χ1n) is 7.33. The fraction of sp³-hybridized carbons (Fsp3) is 0.500. The van der Waals surface area contributed by atoms with E-state index in [0.29, 0.717) is 12.3 Å². The zero-order valence-electron chi connectivity index (χ0n) is 12.4. The van der Waals surface area contributed by atoms with Gasteiger partial charge in [-0.25, -0.2) is 0 Å². The van der Waals surface area contributed by atoms with Crippen molar-refractivity contribution in [1.82, 2.24) is 5.32 Å². The Kier molecular flexibility index (Phi) is 5.75. The van der Waals surface area contributed by atoms with Crippen molar-refractivity contribution < 1.29 is 14.3 Å². The number of methoxy groups -OCH3 is 1. The highest BCUT2D eigenvalue weighted by molar-refractivity contribution is 5.90. The molecule has 1 aromatic carbocycles. The third kappa shape index (κ3) is 5.19. The Morgan fingerprint density at radius 3 is 2.71 bits per heavy atom. The van der Waals surface area contributed by atoms with Crippen LogP contribution in [0, 0.1) is 5.92 Å². The van der Waals surface area contributed by atoms with Gasteiger partial charge in [0.1, 0.15) is 0 Å². The van der Waals surface area contributed by atoms with Crippen molar-refractivity contribution in [3.8, 4) is 0 Å². The van der Waals surface area contributed by atoms with E-state index >= 15 is 0 Å². The van der Waals surface area contributed by atoms with Gasteiger partial charge in [-0.05, 0) is 49.5 Å². The van der Waals surface area contributed by atoms with E-state index in [4.69, 9.17) is 0 Å². The second kappa shape index (κ2) is 7.78. The number of rotatable bonds is 6. The van der Waals surface area contributed by atoms with Crippen LogP contribution in [0.2, 0.25) is 0 Å². The van der Waals surface area contributed by atoms with E-state index in [0.717, 1.165) is 37.2 Å². The summed E-state index contributed by atoms with van der Waals surface area (Å²) in [5.74, 6) is 0.401. The number of benzene rings is 1. The monoisotopic (exact) mass is 290 g/mol. The van der Waals surface area contributed by atoms with E-state index in [9.17, 15) is 9.59 Å². The van der Waals surface area contributed by atoms with Crippen molar-refractivity contribution in [2.75, 3.05) is 25.5 Å². The van der Waals surface area contributed by atoms with Crippen molar-refractivity contribution in [3.63, 3.8) is 0 Å². The molecule has 114 valence electrons. The molecule has 1 aliphatic rings. The Balaban J connectivity index is 1.76. The van der Waals surface area contributed by atoms with E-state index in [-0.39, 0.29) is 18.3 Å². The molecule has 1 amide bonds. The van der Waals surface area contributed by atoms with Crippen LogP contribution in [-0.4, -0.2) is 32.1 Å². The molecule has 1 saturated heterocycles. The van der Waals surface area contributed by atoms with Gasteiger partial charge in [0.05, 0.1) is 13.5 Å². The summed E-state index contributed by atoms with van der Waals surface area (Å²) in [6.45, 7) is 2.09. The van der Waals surface area contributed by atoms with Crippen LogP contribution >= 0.6 is 0 Å². The van der Waals surface area contributed by atoms with Gasteiger partial charge >= 0.3 is 5.97 Å². The van der Waals surface area contributed by atoms with Gasteiger partial charge in [-0.2, -0.15) is 0 Å². The Hall–Kier alpha value is -1.88. The van der Waals surface area contributed by atoms with E-state index in [1.807, 2.05) is 24.3 Å². The summed E-state index contributed by atoms with van der Waals surface area (Å²) in [7, 11) is 1.37. The molecule has 0 spiro atoms. The van der Waals surface area contributed by atoms with Crippen LogP contribution in [0.4, 0.5) is 5.69 Å². The van der Waals surface area contributed by atoms with Gasteiger partial charge in [0.15, 0.2) is 0 Å². The van der Waals surface area contributed by atoms with E-state index < -0.39 is 0 Å². The zero-order chi connectivity index (χ0) is 15.1. The quantitative estimate of drug-likeness (QED) is 0.783. The van der Waals surface area contributed by atoms with Gasteiger partial charge < -0.3 is 15.4 Å². The van der Waals surface area contributed by atoms with Crippen LogP contribution < -0.4 is 10.6 Å². The normalized spacial score (nSPS) is 17.5. The van der Waals surface area contributed by atoms with Gasteiger partial charge in [-0.1, -0.05) is 12.1 Å². The summed E-state index contributed by atoms with van der Waals surface area (Å²) in [5, 5.41) is 6.19. The summed E-state index contributed by atoms with van der Waals surface area (Å²) in [6.07, 6.45) is 2.89. The maximum atomic E-state index is 11.9. The second-order valence-electron chi connectivity index (χ2n) is 5.40. The molecule has 5 nitrogen and oxygen atoms in total. The van der Waals surface area contributed by atoms with Gasteiger partial charge in [-0.15, -0.1) is 0 Å². The largest absolute Gasteiger partial charge is 0.469 e. The topological polar surface area (TPSA) is 67.4 Å². The summed E-state index contributed by atoms with van der Waals surface area (Å²) in [5.41, 5.74) is 1.63. The fourth-order valence-corrected chi connectivity index (χ4v) is 2.46. The highest BCUT2D eigenvalue weighted by Gasteiger charge is 2.15. The first-order chi connectivity index (χ1) is 10.2. The lowest BCUT2D eigenvalue weighted by Gasteiger charge is -2.09. The number of carbonyl (C=O) groups is 2. The van der Waals surface area contributed by atoms with Gasteiger partial charge in [0, 0.05) is 12.1 Å². The summed E-state index contributed by atoms with van der Waals surface area (Å²) < 4.78 is 4.62. The van der Waals surface area contributed by atoms with Crippen molar-refractivity contribution in [2.24, 2.45) is 5.92 Å². The Morgan fingerprint density at radius 2 is 2.10 bits per heavy atom. The Morgan fingerprint density at radius 1 is 1.33 bits per heavy atom. The average Bonchev–Trinajstić information content (AvgIpc) is 3.00. The number of nitrogens with one attached hydrogen (secondary N) is 2. The molecule has 1 atom stereocenters. The number of hydrogen-bond donors (Lipinski definition) is 2. The molecule has 1 heterocycles. The fourth-order valence-electron chi connectivity index (χ4n) is 2.46. The molecule has 1 aliphatic heterocycles. The number of amides is 1. The third-order valence-electron chi connectivity index (χ3n) is 3.76. The number of carbonyl (C=O) groups excluding carboxylic acids is 2. The van der Waals surface area contributed by atoms with Crippen LogP contribution in [0.3, 0.4) is 0 Å². The van der Waals surface area contributed by atoms with Crippen LogP contribution in [0.15, 0.2) is 24.3 Å². The van der Waals surface area contributed by atoms with Crippen molar-refractivity contribution in [2.45, 2.75) is 25.7 Å². The molecule has 21 heavy (non-hydrogen) atoms. The molecule has 1 aromatic rings. The Bertz CT molecular complexity index is 479. The molecular weight excluding hydrogens is 268 g/mol. The van der Waals surface area contributed by atoms with Gasteiger partial charge in [-0.3, -0.25) is 9.59 Å². The predicted octanol–water partition coefficient (Wildman–Crippen LogP) is 1.73. The number of anilines is 1. The van der Waals surface area contributed by atoms with Gasteiger partial charge in [0.2, 0.25) is 5.91 Å². The van der Waals surface area contributed by atoms with Crippen molar-refractivity contribution in [3.05, 3.63) is 29.8 Å². The van der Waals surface area contributed by atoms with Crippen molar-refractivity contribution >= 4 is 17.6 Å². The number of esters is 1. The summed E-state index contributed by atoms with van der Waals surface area (Å²) >= 11 is 0. The zero-order valence-corrected chi connectivity index (χ0v) is 12.4. The summed E-state index contributed by atoms with van der Waals surface area (Å²) in [6, 6.07) is 7.28. The lowest BCUT2D eigenvalue weighted by molar-refractivity contribution is -0.139. The molecule has 2 rings (SSSR count). The van der Waals surface area contributed by atoms with E-state index in [2.05, 4.69) is 15.4 Å². The molecular formula is C16H22N2O3. The highest BCUT2D eigenvalue weighted by Crippen LogP contribution is 2.16. The predicted molar refractivity (Wildman–Crippen MR) is 81.0 cm³/mol. The third-order valence-corrected chi connectivity index (χ3v) is 3.76. The summed E-state index contributed by atoms with van der Waals surface area (Å²) in [4.78, 5) is 23.0. The minimum Gasteiger partial charge on any atom is -0.469 e. The average molecular weight is 290 g/mol. The lowest BCUT2D eigenvalue weighted by Crippen LogP contribution is -2.15. The molecule has 0 bridgehead atoms. The standard InChI is InChI=1S/C16H22N2O3/c1-21-16(20)10-12-2-5-14(6-3-12)18-15(19)7-4-13-8-9-17-11-13/h2-3,5-6,13,17H,4,7-11H2,1H3,(H,18,19). The van der Waals surface area contributed by atoms with Crippen LogP contribution in [0.25, 0.3) is 0 Å². The minimum atomic E-state index is -0.267. The smallest absolute Gasteiger partial charge is 0.309 e. The number of ether oxygens (including phenoxy) is 1. The molecule has 0 radical (unpaired) electrons. The Labute approximate surface area is 125 Å². The molecule has 0 aliphatic carbocycles. The second-order valence-corrected chi connectivity index (χ2v) is 5.40. The molecule has 0 saturated carbocycles. The molecule has 2 N–H and O–H groups in total. The van der Waals surface area contributed by atoms with Crippen molar-refractivity contribution in [1.29, 1.82) is 0 Å². The first kappa shape index (κ1) is 15.5. The number of hydrogen-bond acceptors (Lipinski definition) is 4. The van der Waals surface area contributed by atoms with Gasteiger partial charge in [0.25, 0.3) is 0 Å². The minimum absolute atomic E-state index is 0.0441. The molecule has 0 aromatic heterocycles. The van der Waals surface area contributed by atoms with Crippen LogP contribution in [0.1, 0.15) is 24.8 Å². The first-order valence-corrected chi connectivity index (χ1v) is 7.33. The maximum absolute atomic E-state index is 11.9. The molecule has 1 fully saturated rings. The lowest BCUT2D eigenvalue weighted by atomic mass is 10.0. The van der Waals surface area contributed by atoms with Crippen LogP contribution in [-0.2, 0) is 20.7 Å².